The summed E-state index contributed by atoms with van der Waals surface area (Å²) < 4.78 is 4.90. The molecule has 0 spiro atoms. The molecule has 11 heavy (non-hydrogen) atoms. The topological polar surface area (TPSA) is 26.3 Å². The second-order valence-corrected chi connectivity index (χ2v) is 1.86. The highest BCUT2D eigenvalue weighted by Gasteiger charge is 1.96. The molecule has 0 bridgehead atoms. The van der Waals surface area contributed by atoms with Gasteiger partial charge in [0.2, 0.25) is 0 Å². The number of benzene rings is 1. The number of aldehydes is 1. The zero-order chi connectivity index (χ0) is 7.40. The van der Waals surface area contributed by atoms with Crippen LogP contribution in [0, 0.1) is 0 Å². The molecule has 0 saturated heterocycles. The Labute approximate surface area is 71.6 Å². The largest absolute Gasteiger partial charge is 0.496 e. The van der Waals surface area contributed by atoms with Crippen LogP contribution >= 0.6 is 12.4 Å². The summed E-state index contributed by atoms with van der Waals surface area (Å²) >= 11 is 0. The predicted octanol–water partition coefficient (Wildman–Crippen LogP) is 1.93. The van der Waals surface area contributed by atoms with Crippen molar-refractivity contribution in [3.05, 3.63) is 29.8 Å². The Morgan fingerprint density at radius 1 is 1.36 bits per heavy atom. The monoisotopic (exact) mass is 172 g/mol. The molecule has 0 aromatic heterocycles. The Balaban J connectivity index is 0.000001000. The number of hydrogen-bond acceptors (Lipinski definition) is 2. The fourth-order valence-electron chi connectivity index (χ4n) is 0.764. The van der Waals surface area contributed by atoms with Gasteiger partial charge in [0.15, 0.2) is 6.29 Å². The lowest BCUT2D eigenvalue weighted by molar-refractivity contribution is 0.112. The molecular formula is C8H9ClO2. The summed E-state index contributed by atoms with van der Waals surface area (Å²) in [6, 6.07) is 7.09. The number of hydrogen-bond donors (Lipinski definition) is 0. The van der Waals surface area contributed by atoms with Gasteiger partial charge in [-0.3, -0.25) is 4.79 Å². The molecule has 0 N–H and O–H groups in total. The maximum Gasteiger partial charge on any atom is 0.153 e. The highest BCUT2D eigenvalue weighted by atomic mass is 35.5. The standard InChI is InChI=1S/C8H8O2.ClH/c1-10-8-5-3-2-4-7(8)6-9;/h2-6H,1H3;1H. The van der Waals surface area contributed by atoms with Crippen LogP contribution in [0.25, 0.3) is 0 Å². The van der Waals surface area contributed by atoms with Gasteiger partial charge < -0.3 is 4.74 Å². The van der Waals surface area contributed by atoms with Gasteiger partial charge in [0.1, 0.15) is 5.75 Å². The number of methoxy groups -OCH3 is 1. The Kier molecular flexibility index (Phi) is 4.30. The van der Waals surface area contributed by atoms with E-state index in [0.717, 1.165) is 6.29 Å². The molecule has 0 atom stereocenters. The summed E-state index contributed by atoms with van der Waals surface area (Å²) in [6.45, 7) is 0. The van der Waals surface area contributed by atoms with Crippen LogP contribution in [-0.2, 0) is 0 Å². The average molecular weight is 173 g/mol. The Hall–Kier alpha value is -1.02. The number of carbonyl (C=O) groups is 1. The summed E-state index contributed by atoms with van der Waals surface area (Å²) in [5, 5.41) is 0. The molecule has 3 heteroatoms. The van der Waals surface area contributed by atoms with E-state index in [1.54, 1.807) is 25.3 Å². The molecule has 1 rings (SSSR count). The van der Waals surface area contributed by atoms with E-state index in [1.807, 2.05) is 6.07 Å². The zero-order valence-corrected chi connectivity index (χ0v) is 6.93. The lowest BCUT2D eigenvalue weighted by Crippen LogP contribution is -1.88. The van der Waals surface area contributed by atoms with Crippen molar-refractivity contribution in [1.29, 1.82) is 0 Å². The molecule has 0 saturated carbocycles. The molecule has 0 aliphatic heterocycles. The van der Waals surface area contributed by atoms with E-state index in [0.29, 0.717) is 11.3 Å². The quantitative estimate of drug-likeness (QED) is 0.638. The smallest absolute Gasteiger partial charge is 0.153 e. The summed E-state index contributed by atoms with van der Waals surface area (Å²) in [5.41, 5.74) is 0.588. The SMILES string of the molecule is COc1ccccc1C=O.Cl. The minimum absolute atomic E-state index is 0. The maximum atomic E-state index is 10.3. The van der Waals surface area contributed by atoms with E-state index < -0.39 is 0 Å². The first-order valence-electron chi connectivity index (χ1n) is 2.96. The van der Waals surface area contributed by atoms with Crippen LogP contribution in [0.4, 0.5) is 0 Å². The van der Waals surface area contributed by atoms with Crippen LogP contribution in [0.15, 0.2) is 24.3 Å². The molecule has 1 aromatic carbocycles. The van der Waals surface area contributed by atoms with E-state index in [2.05, 4.69) is 0 Å². The van der Waals surface area contributed by atoms with Crippen molar-refractivity contribution in [3.63, 3.8) is 0 Å². The van der Waals surface area contributed by atoms with Crippen molar-refractivity contribution in [1.82, 2.24) is 0 Å². The highest BCUT2D eigenvalue weighted by Crippen LogP contribution is 2.13. The Morgan fingerprint density at radius 2 is 2.00 bits per heavy atom. The molecule has 0 fully saturated rings. The fraction of sp³-hybridized carbons (Fsp3) is 0.125. The van der Waals surface area contributed by atoms with Crippen molar-refractivity contribution in [2.24, 2.45) is 0 Å². The summed E-state index contributed by atoms with van der Waals surface area (Å²) in [4.78, 5) is 10.3. The van der Waals surface area contributed by atoms with Crippen molar-refractivity contribution < 1.29 is 9.53 Å². The number of halogens is 1. The lowest BCUT2D eigenvalue weighted by atomic mass is 10.2. The average Bonchev–Trinajstić information content (AvgIpc) is 2.04. The molecule has 0 radical (unpaired) electrons. The maximum absolute atomic E-state index is 10.3. The van der Waals surface area contributed by atoms with Crippen LogP contribution in [0.3, 0.4) is 0 Å². The first kappa shape index (κ1) is 9.98. The van der Waals surface area contributed by atoms with E-state index in [1.165, 1.54) is 0 Å². The zero-order valence-electron chi connectivity index (χ0n) is 6.11. The van der Waals surface area contributed by atoms with Gasteiger partial charge >= 0.3 is 0 Å². The number of para-hydroxylation sites is 1. The number of carbonyl (C=O) groups excluding carboxylic acids is 1. The van der Waals surface area contributed by atoms with Gasteiger partial charge in [-0.1, -0.05) is 12.1 Å². The molecular weight excluding hydrogens is 164 g/mol. The van der Waals surface area contributed by atoms with Crippen molar-refractivity contribution in [3.8, 4) is 5.75 Å². The van der Waals surface area contributed by atoms with Gasteiger partial charge in [-0.15, -0.1) is 12.4 Å². The van der Waals surface area contributed by atoms with E-state index in [4.69, 9.17) is 4.74 Å². The highest BCUT2D eigenvalue weighted by molar-refractivity contribution is 5.85. The minimum Gasteiger partial charge on any atom is -0.496 e. The molecule has 0 unspecified atom stereocenters. The summed E-state index contributed by atoms with van der Waals surface area (Å²) in [7, 11) is 1.54. The van der Waals surface area contributed by atoms with Gasteiger partial charge in [-0.25, -0.2) is 0 Å². The summed E-state index contributed by atoms with van der Waals surface area (Å²) in [6.07, 6.45) is 0.777. The van der Waals surface area contributed by atoms with Crippen LogP contribution < -0.4 is 4.74 Å². The predicted molar refractivity (Wildman–Crippen MR) is 45.6 cm³/mol. The number of rotatable bonds is 2. The van der Waals surface area contributed by atoms with Gasteiger partial charge in [0.05, 0.1) is 12.7 Å². The first-order chi connectivity index (χ1) is 4.88. The molecule has 0 aliphatic carbocycles. The van der Waals surface area contributed by atoms with E-state index in [-0.39, 0.29) is 12.4 Å². The van der Waals surface area contributed by atoms with E-state index in [9.17, 15) is 4.79 Å². The van der Waals surface area contributed by atoms with E-state index >= 15 is 0 Å². The number of ether oxygens (including phenoxy) is 1. The van der Waals surface area contributed by atoms with Crippen LogP contribution in [-0.4, -0.2) is 13.4 Å². The Bertz CT molecular complexity index is 235. The molecule has 0 amide bonds. The second kappa shape index (κ2) is 4.74. The van der Waals surface area contributed by atoms with Crippen LogP contribution in [0.1, 0.15) is 10.4 Å². The molecule has 0 heterocycles. The molecule has 60 valence electrons. The molecule has 0 aliphatic rings. The normalized spacial score (nSPS) is 8.09. The third-order valence-corrected chi connectivity index (χ3v) is 1.27. The third-order valence-electron chi connectivity index (χ3n) is 1.27. The summed E-state index contributed by atoms with van der Waals surface area (Å²) in [5.74, 6) is 0.623. The van der Waals surface area contributed by atoms with Crippen molar-refractivity contribution >= 4 is 18.7 Å². The second-order valence-electron chi connectivity index (χ2n) is 1.86. The van der Waals surface area contributed by atoms with Crippen LogP contribution in [0.5, 0.6) is 5.75 Å². The van der Waals surface area contributed by atoms with Crippen LogP contribution in [0.2, 0.25) is 0 Å². The van der Waals surface area contributed by atoms with Crippen molar-refractivity contribution in [2.75, 3.05) is 7.11 Å². The van der Waals surface area contributed by atoms with Crippen molar-refractivity contribution in [2.45, 2.75) is 0 Å². The third kappa shape index (κ3) is 2.24. The van der Waals surface area contributed by atoms with Gasteiger partial charge in [-0.2, -0.15) is 0 Å². The van der Waals surface area contributed by atoms with Gasteiger partial charge in [0.25, 0.3) is 0 Å². The lowest BCUT2D eigenvalue weighted by Gasteiger charge is -1.99. The molecule has 2 nitrogen and oxygen atoms in total. The fourth-order valence-corrected chi connectivity index (χ4v) is 0.764. The molecule has 1 aromatic rings. The minimum atomic E-state index is 0. The first-order valence-corrected chi connectivity index (χ1v) is 2.96. The van der Waals surface area contributed by atoms with Gasteiger partial charge in [0, 0.05) is 0 Å². The Morgan fingerprint density at radius 3 is 2.45 bits per heavy atom. The van der Waals surface area contributed by atoms with Gasteiger partial charge in [-0.05, 0) is 12.1 Å².